The first-order valence-corrected chi connectivity index (χ1v) is 25.7. The maximum Gasteiger partial charge on any atom is 0.473 e. The van der Waals surface area contributed by atoms with E-state index in [1.165, 1.54) is 28.6 Å². The number of phosphoric ester groups is 1. The summed E-state index contributed by atoms with van der Waals surface area (Å²) in [7, 11) is -1.47. The van der Waals surface area contributed by atoms with E-state index in [1.54, 1.807) is 62.5 Å². The average molecular weight is 1000 g/mol. The summed E-state index contributed by atoms with van der Waals surface area (Å²) in [4.78, 5) is 74.9. The molecule has 24 heteroatoms. The van der Waals surface area contributed by atoms with E-state index in [1.807, 2.05) is 41.5 Å². The van der Waals surface area contributed by atoms with Crippen LogP contribution in [0.15, 0.2) is 31.6 Å². The zero-order chi connectivity index (χ0) is 50.4. The average Bonchev–Trinajstić information content (AvgIpc) is 3.59. The van der Waals surface area contributed by atoms with E-state index in [9.17, 15) is 33.5 Å². The van der Waals surface area contributed by atoms with Crippen LogP contribution in [0, 0.1) is 24.7 Å². The minimum atomic E-state index is -4.53. The van der Waals surface area contributed by atoms with Crippen LogP contribution in [0.4, 0.5) is 0 Å². The predicted molar refractivity (Wildman–Crippen MR) is 249 cm³/mol. The number of hydrogen-bond acceptors (Lipinski definition) is 16. The van der Waals surface area contributed by atoms with Gasteiger partial charge in [-0.3, -0.25) is 42.3 Å². The SMILES string of the molecule is COCCO[C@@H]1[C@H](OP(=O)(O)OC(C)(C)C)[C@@H](CC(C)(C)C)O[C@H]1n1cc(C)c(=O)[nH]c1=O.COCCO[C@@H]1[C@H](OP(O)(=S)OC(C)(C)C)[C@@H](CC(C)(C)C)O[C@H]1n1cc(C)c(=O)[nH]c1=O. The molecule has 4 rings (SSSR count). The molecule has 0 saturated carbocycles. The first kappa shape index (κ1) is 58.1. The summed E-state index contributed by atoms with van der Waals surface area (Å²) < 4.78 is 72.5. The van der Waals surface area contributed by atoms with Crippen molar-refractivity contribution in [3.05, 3.63) is 65.2 Å². The highest BCUT2D eigenvalue weighted by Gasteiger charge is 2.53. The van der Waals surface area contributed by atoms with Gasteiger partial charge in [0.15, 0.2) is 12.5 Å². The molecule has 2 aromatic rings. The summed E-state index contributed by atoms with van der Waals surface area (Å²) in [5.74, 6) is 0. The van der Waals surface area contributed by atoms with Crippen molar-refractivity contribution < 1.29 is 60.9 Å². The number of H-pyrrole nitrogens is 2. The van der Waals surface area contributed by atoms with Gasteiger partial charge in [-0.05, 0) is 90.9 Å². The van der Waals surface area contributed by atoms with Crippen LogP contribution in [0.3, 0.4) is 0 Å². The maximum absolute atomic E-state index is 12.8. The van der Waals surface area contributed by atoms with Gasteiger partial charge in [-0.1, -0.05) is 41.5 Å². The van der Waals surface area contributed by atoms with E-state index in [0.29, 0.717) is 30.6 Å². The number of phosphoric acid groups is 1. The molecule has 2 fully saturated rings. The number of nitrogens with zero attached hydrogens (tertiary/aromatic N) is 2. The fourth-order valence-electron chi connectivity index (χ4n) is 7.14. The van der Waals surface area contributed by atoms with Gasteiger partial charge in [-0.15, -0.1) is 0 Å². The molecule has 0 amide bonds. The molecule has 380 valence electrons. The molecule has 4 N–H and O–H groups in total. The van der Waals surface area contributed by atoms with E-state index in [4.69, 9.17) is 58.3 Å². The Labute approximate surface area is 391 Å². The molecule has 2 saturated heterocycles. The number of ether oxygens (including phenoxy) is 6. The molecule has 0 aliphatic carbocycles. The smallest absolute Gasteiger partial charge is 0.382 e. The van der Waals surface area contributed by atoms with Gasteiger partial charge in [0.2, 0.25) is 0 Å². The molecule has 21 nitrogen and oxygen atoms in total. The lowest BCUT2D eigenvalue weighted by Gasteiger charge is -2.32. The summed E-state index contributed by atoms with van der Waals surface area (Å²) in [5, 5.41) is 0. The van der Waals surface area contributed by atoms with Gasteiger partial charge < -0.3 is 42.7 Å². The van der Waals surface area contributed by atoms with Crippen LogP contribution in [0.2, 0.25) is 0 Å². The fourth-order valence-corrected chi connectivity index (χ4v) is 10.7. The standard InChI is InChI=1S/C21H37N2O9P.C21H37N2O8PS/c1-13-12-23(19(25)22-17(13)24)18-16(29-10-9-28-8)15(14(30-18)11-20(2,3)4)31-33(26,27)32-21(5,6)7;1-13-12-23(19(25)22-17(13)24)18-16(28-10-9-27-8)15(14(29-18)11-20(2,3)4)30-32(26,33)31-21(5,6)7/h12,14-16,18H,9-11H2,1-8H3,(H,26,27)(H,22,24,25);12,14-16,18H,9-11H2,1-8H3,(H,26,33)(H,22,24,25)/t14-,15-,16-,18-;14-,15-,16-,18-,32?/m11/s1. The molecule has 10 atom stereocenters. The summed E-state index contributed by atoms with van der Waals surface area (Å²) in [6.07, 6.45) is -3.10. The lowest BCUT2D eigenvalue weighted by atomic mass is 9.87. The third-order valence-electron chi connectivity index (χ3n) is 9.52. The number of aryl methyl sites for hydroxylation is 2. The number of methoxy groups -OCH3 is 2. The molecule has 66 heavy (non-hydrogen) atoms. The monoisotopic (exact) mass is 1000 g/mol. The van der Waals surface area contributed by atoms with Gasteiger partial charge in [0.25, 0.3) is 11.1 Å². The Morgan fingerprint density at radius 1 is 0.621 bits per heavy atom. The van der Waals surface area contributed by atoms with Crippen molar-refractivity contribution in [3.8, 4) is 0 Å². The number of nitrogens with one attached hydrogen (secondary N) is 2. The molecule has 0 aromatic carbocycles. The molecule has 2 unspecified atom stereocenters. The Hall–Kier alpha value is -2.24. The number of hydrogen-bond donors (Lipinski definition) is 4. The van der Waals surface area contributed by atoms with Crippen molar-refractivity contribution in [2.24, 2.45) is 10.8 Å². The van der Waals surface area contributed by atoms with E-state index in [-0.39, 0.29) is 30.7 Å². The van der Waals surface area contributed by atoms with E-state index in [2.05, 4.69) is 9.97 Å². The molecule has 0 bridgehead atoms. The predicted octanol–water partition coefficient (Wildman–Crippen LogP) is 5.14. The van der Waals surface area contributed by atoms with Gasteiger partial charge in [0.05, 0.1) is 49.8 Å². The molecule has 4 heterocycles. The molecule has 2 aliphatic rings. The molecule has 0 radical (unpaired) electrons. The van der Waals surface area contributed by atoms with Gasteiger partial charge in [0, 0.05) is 37.7 Å². The molecular weight excluding hydrogens is 926 g/mol. The van der Waals surface area contributed by atoms with Crippen LogP contribution in [0.25, 0.3) is 0 Å². The third kappa shape index (κ3) is 18.3. The van der Waals surface area contributed by atoms with Crippen LogP contribution in [-0.4, -0.2) is 117 Å². The second-order valence-corrected chi connectivity index (χ2v) is 24.8. The van der Waals surface area contributed by atoms with Crippen molar-refractivity contribution in [2.45, 2.75) is 170 Å². The first-order valence-electron chi connectivity index (χ1n) is 21.7. The molecule has 2 aromatic heterocycles. The van der Waals surface area contributed by atoms with E-state index < -0.39 is 97.3 Å². The maximum atomic E-state index is 12.8. The zero-order valence-corrected chi connectivity index (χ0v) is 43.8. The van der Waals surface area contributed by atoms with Crippen molar-refractivity contribution in [2.75, 3.05) is 40.6 Å². The van der Waals surface area contributed by atoms with Crippen LogP contribution >= 0.6 is 14.5 Å². The highest BCUT2D eigenvalue weighted by molar-refractivity contribution is 8.07. The van der Waals surface area contributed by atoms with Crippen LogP contribution < -0.4 is 22.5 Å². The van der Waals surface area contributed by atoms with Crippen LogP contribution in [0.5, 0.6) is 0 Å². The van der Waals surface area contributed by atoms with Gasteiger partial charge in [-0.25, -0.2) is 14.2 Å². The van der Waals surface area contributed by atoms with Gasteiger partial charge in [0.1, 0.15) is 24.4 Å². The summed E-state index contributed by atoms with van der Waals surface area (Å²) in [6.45, 7) is 22.6. The quantitative estimate of drug-likeness (QED) is 0.111. The fraction of sp³-hybridized carbons (Fsp3) is 0.810. The van der Waals surface area contributed by atoms with Crippen LogP contribution in [-0.2, 0) is 62.9 Å². The largest absolute Gasteiger partial charge is 0.473 e. The van der Waals surface area contributed by atoms with Crippen molar-refractivity contribution in [1.82, 2.24) is 19.1 Å². The first-order chi connectivity index (χ1) is 30.1. The summed E-state index contributed by atoms with van der Waals surface area (Å²) >= 11 is 5.30. The Kier molecular flexibility index (Phi) is 20.3. The second kappa shape index (κ2) is 23.1. The Bertz CT molecular complexity index is 2080. The summed E-state index contributed by atoms with van der Waals surface area (Å²) in [6, 6.07) is 0. The number of aromatic nitrogens is 4. The molecule has 2 aliphatic heterocycles. The lowest BCUT2D eigenvalue weighted by Crippen LogP contribution is -2.41. The Balaban J connectivity index is 0.000000350. The normalized spacial score (nSPS) is 25.8. The van der Waals surface area contributed by atoms with Gasteiger partial charge in [-0.2, -0.15) is 0 Å². The highest BCUT2D eigenvalue weighted by Crippen LogP contribution is 2.54. The van der Waals surface area contributed by atoms with E-state index in [0.717, 1.165) is 0 Å². The number of rotatable bonds is 18. The lowest BCUT2D eigenvalue weighted by molar-refractivity contribution is -0.0817. The van der Waals surface area contributed by atoms with Crippen molar-refractivity contribution in [3.63, 3.8) is 0 Å². The second-order valence-electron chi connectivity index (χ2n) is 20.8. The van der Waals surface area contributed by atoms with E-state index >= 15 is 0 Å². The number of aromatic amines is 2. The minimum absolute atomic E-state index is 0.121. The Morgan fingerprint density at radius 2 is 0.985 bits per heavy atom. The highest BCUT2D eigenvalue weighted by atomic mass is 32.5. The summed E-state index contributed by atoms with van der Waals surface area (Å²) in [5.41, 5.74) is -3.77. The van der Waals surface area contributed by atoms with Crippen LogP contribution in [0.1, 0.15) is 120 Å². The van der Waals surface area contributed by atoms with Crippen molar-refractivity contribution >= 4 is 26.3 Å². The van der Waals surface area contributed by atoms with Gasteiger partial charge >= 0.3 is 25.9 Å². The topological polar surface area (TPSA) is 260 Å². The minimum Gasteiger partial charge on any atom is -0.382 e. The zero-order valence-electron chi connectivity index (χ0n) is 41.2. The molecular formula is C42H74N4O17P2S. The van der Waals surface area contributed by atoms with Crippen molar-refractivity contribution in [1.29, 1.82) is 0 Å². The third-order valence-corrected chi connectivity index (χ3v) is 12.6. The molecule has 0 spiro atoms. The Morgan fingerprint density at radius 3 is 1.32 bits per heavy atom.